The van der Waals surface area contributed by atoms with E-state index in [2.05, 4.69) is 27.2 Å². The van der Waals surface area contributed by atoms with Gasteiger partial charge in [-0.1, -0.05) is 6.92 Å². The zero-order valence-corrected chi connectivity index (χ0v) is 14.1. The SMILES string of the molecule is CCc1nc(CN2CCC(C(O)c3nccn3C)CC2)cs1. The molecule has 5 nitrogen and oxygen atoms in total. The summed E-state index contributed by atoms with van der Waals surface area (Å²) < 4.78 is 1.92. The number of likely N-dealkylation sites (tertiary alicyclic amines) is 1. The third-order valence-corrected chi connectivity index (χ3v) is 5.53. The fraction of sp³-hybridized carbons (Fsp3) is 0.625. The number of piperidine rings is 1. The van der Waals surface area contributed by atoms with Crippen LogP contribution in [0.4, 0.5) is 0 Å². The van der Waals surface area contributed by atoms with Gasteiger partial charge >= 0.3 is 0 Å². The van der Waals surface area contributed by atoms with E-state index in [0.717, 1.165) is 44.7 Å². The smallest absolute Gasteiger partial charge is 0.137 e. The van der Waals surface area contributed by atoms with Crippen molar-refractivity contribution in [3.63, 3.8) is 0 Å². The molecule has 2 aromatic heterocycles. The van der Waals surface area contributed by atoms with Crippen LogP contribution in [-0.4, -0.2) is 37.6 Å². The number of hydrogen-bond acceptors (Lipinski definition) is 5. The van der Waals surface area contributed by atoms with Crippen molar-refractivity contribution >= 4 is 11.3 Å². The molecular formula is C16H24N4OS. The standard InChI is InChI=1S/C16H24N4OS/c1-3-14-18-13(11-22-14)10-20-7-4-12(5-8-20)15(21)16-17-6-9-19(16)2/h6,9,11-12,15,21H,3-5,7-8,10H2,1-2H3. The molecule has 3 heterocycles. The molecule has 22 heavy (non-hydrogen) atoms. The van der Waals surface area contributed by atoms with E-state index >= 15 is 0 Å². The normalized spacial score (nSPS) is 18.7. The molecule has 3 rings (SSSR count). The van der Waals surface area contributed by atoms with Crippen LogP contribution in [0, 0.1) is 5.92 Å². The molecule has 0 bridgehead atoms. The fourth-order valence-electron chi connectivity index (χ4n) is 3.11. The Balaban J connectivity index is 1.53. The van der Waals surface area contributed by atoms with Crippen molar-refractivity contribution in [2.24, 2.45) is 13.0 Å². The first-order chi connectivity index (χ1) is 10.7. The van der Waals surface area contributed by atoms with Crippen LogP contribution < -0.4 is 0 Å². The van der Waals surface area contributed by atoms with Gasteiger partial charge in [-0.2, -0.15) is 0 Å². The zero-order chi connectivity index (χ0) is 15.5. The largest absolute Gasteiger partial charge is 0.385 e. The molecule has 0 aliphatic carbocycles. The maximum Gasteiger partial charge on any atom is 0.137 e. The number of imidazole rings is 1. The molecule has 0 saturated carbocycles. The summed E-state index contributed by atoms with van der Waals surface area (Å²) in [4.78, 5) is 11.4. The van der Waals surface area contributed by atoms with Gasteiger partial charge in [0.15, 0.2) is 0 Å². The minimum Gasteiger partial charge on any atom is -0.385 e. The van der Waals surface area contributed by atoms with E-state index in [1.807, 2.05) is 17.8 Å². The van der Waals surface area contributed by atoms with Gasteiger partial charge in [-0.25, -0.2) is 9.97 Å². The number of aliphatic hydroxyl groups is 1. The quantitative estimate of drug-likeness (QED) is 0.919. The molecule has 0 radical (unpaired) electrons. The van der Waals surface area contributed by atoms with Crippen LogP contribution in [0.3, 0.4) is 0 Å². The van der Waals surface area contributed by atoms with Crippen molar-refractivity contribution in [1.29, 1.82) is 0 Å². The number of hydrogen-bond donors (Lipinski definition) is 1. The summed E-state index contributed by atoms with van der Waals surface area (Å²) in [6, 6.07) is 0. The number of thiazole rings is 1. The molecule has 1 saturated heterocycles. The van der Waals surface area contributed by atoms with E-state index in [4.69, 9.17) is 0 Å². The summed E-state index contributed by atoms with van der Waals surface area (Å²) in [5.74, 6) is 1.09. The van der Waals surface area contributed by atoms with Crippen molar-refractivity contribution in [2.45, 2.75) is 38.8 Å². The average molecular weight is 320 g/mol. The Kier molecular flexibility index (Phi) is 4.90. The predicted molar refractivity (Wildman–Crippen MR) is 87.7 cm³/mol. The number of aryl methyl sites for hydroxylation is 2. The van der Waals surface area contributed by atoms with Gasteiger partial charge in [0.05, 0.1) is 10.7 Å². The Bertz CT molecular complexity index is 601. The van der Waals surface area contributed by atoms with Crippen LogP contribution >= 0.6 is 11.3 Å². The van der Waals surface area contributed by atoms with E-state index in [-0.39, 0.29) is 0 Å². The minimum absolute atomic E-state index is 0.305. The Morgan fingerprint density at radius 1 is 1.41 bits per heavy atom. The van der Waals surface area contributed by atoms with Crippen LogP contribution in [0.1, 0.15) is 42.4 Å². The van der Waals surface area contributed by atoms with Gasteiger partial charge in [-0.3, -0.25) is 4.90 Å². The van der Waals surface area contributed by atoms with Crippen LogP contribution in [0.2, 0.25) is 0 Å². The van der Waals surface area contributed by atoms with Crippen LogP contribution in [0.5, 0.6) is 0 Å². The van der Waals surface area contributed by atoms with E-state index < -0.39 is 6.10 Å². The van der Waals surface area contributed by atoms with Crippen molar-refractivity contribution in [2.75, 3.05) is 13.1 Å². The maximum absolute atomic E-state index is 10.5. The first-order valence-corrected chi connectivity index (χ1v) is 8.86. The van der Waals surface area contributed by atoms with E-state index in [1.54, 1.807) is 17.5 Å². The molecule has 1 fully saturated rings. The summed E-state index contributed by atoms with van der Waals surface area (Å²) >= 11 is 1.75. The lowest BCUT2D eigenvalue weighted by Crippen LogP contribution is -2.35. The summed E-state index contributed by atoms with van der Waals surface area (Å²) in [7, 11) is 1.94. The lowest BCUT2D eigenvalue weighted by molar-refractivity contribution is 0.0489. The van der Waals surface area contributed by atoms with Crippen LogP contribution in [-0.2, 0) is 20.0 Å². The van der Waals surface area contributed by atoms with Gasteiger partial charge < -0.3 is 9.67 Å². The van der Waals surface area contributed by atoms with Gasteiger partial charge in [0.25, 0.3) is 0 Å². The van der Waals surface area contributed by atoms with Crippen molar-refractivity contribution in [1.82, 2.24) is 19.4 Å². The summed E-state index contributed by atoms with van der Waals surface area (Å²) in [6.07, 6.45) is 6.23. The lowest BCUT2D eigenvalue weighted by atomic mass is 9.90. The zero-order valence-electron chi connectivity index (χ0n) is 13.3. The molecule has 1 N–H and O–H groups in total. The third-order valence-electron chi connectivity index (χ3n) is 4.49. The molecule has 120 valence electrons. The Labute approximate surface area is 135 Å². The molecule has 2 aromatic rings. The number of rotatable bonds is 5. The van der Waals surface area contributed by atoms with Crippen molar-refractivity contribution in [3.05, 3.63) is 34.3 Å². The van der Waals surface area contributed by atoms with Crippen molar-refractivity contribution < 1.29 is 5.11 Å². The van der Waals surface area contributed by atoms with E-state index in [1.165, 1.54) is 10.7 Å². The molecular weight excluding hydrogens is 296 g/mol. The van der Waals surface area contributed by atoms with Gasteiger partial charge in [0, 0.05) is 31.4 Å². The molecule has 1 unspecified atom stereocenters. The van der Waals surface area contributed by atoms with Crippen LogP contribution in [0.25, 0.3) is 0 Å². The summed E-state index contributed by atoms with van der Waals surface area (Å²) in [6.45, 7) is 5.12. The number of aliphatic hydroxyl groups excluding tert-OH is 1. The minimum atomic E-state index is -0.451. The highest BCUT2D eigenvalue weighted by Gasteiger charge is 2.28. The maximum atomic E-state index is 10.5. The molecule has 0 spiro atoms. The van der Waals surface area contributed by atoms with Crippen LogP contribution in [0.15, 0.2) is 17.8 Å². The highest BCUT2D eigenvalue weighted by atomic mass is 32.1. The van der Waals surface area contributed by atoms with Crippen molar-refractivity contribution in [3.8, 4) is 0 Å². The highest BCUT2D eigenvalue weighted by Crippen LogP contribution is 2.30. The monoisotopic (exact) mass is 320 g/mol. The number of aromatic nitrogens is 3. The predicted octanol–water partition coefficient (Wildman–Crippen LogP) is 2.38. The molecule has 1 aliphatic rings. The van der Waals surface area contributed by atoms with E-state index in [0.29, 0.717) is 5.92 Å². The third kappa shape index (κ3) is 3.39. The summed E-state index contributed by atoms with van der Waals surface area (Å²) in [5.41, 5.74) is 1.19. The second kappa shape index (κ2) is 6.89. The van der Waals surface area contributed by atoms with Gasteiger partial charge in [0.2, 0.25) is 0 Å². The Morgan fingerprint density at radius 3 is 2.77 bits per heavy atom. The molecule has 0 aromatic carbocycles. The first kappa shape index (κ1) is 15.6. The van der Waals surface area contributed by atoms with Gasteiger partial charge in [-0.15, -0.1) is 11.3 Å². The first-order valence-electron chi connectivity index (χ1n) is 7.98. The van der Waals surface area contributed by atoms with E-state index in [9.17, 15) is 5.11 Å². The summed E-state index contributed by atoms with van der Waals surface area (Å²) in [5, 5.41) is 13.9. The average Bonchev–Trinajstić information content (AvgIpc) is 3.16. The fourth-order valence-corrected chi connectivity index (χ4v) is 3.85. The van der Waals surface area contributed by atoms with Gasteiger partial charge in [0.1, 0.15) is 11.9 Å². The topological polar surface area (TPSA) is 54.2 Å². The lowest BCUT2D eigenvalue weighted by Gasteiger charge is -2.33. The Hall–Kier alpha value is -1.24. The second-order valence-electron chi connectivity index (χ2n) is 6.04. The highest BCUT2D eigenvalue weighted by molar-refractivity contribution is 7.09. The molecule has 1 aliphatic heterocycles. The van der Waals surface area contributed by atoms with Gasteiger partial charge in [-0.05, 0) is 38.3 Å². The molecule has 6 heteroatoms. The molecule has 1 atom stereocenters. The molecule has 0 amide bonds. The second-order valence-corrected chi connectivity index (χ2v) is 6.98. The number of nitrogens with zero attached hydrogens (tertiary/aromatic N) is 4. The Morgan fingerprint density at radius 2 is 2.18 bits per heavy atom.